The third-order valence-corrected chi connectivity index (χ3v) is 6.39. The summed E-state index contributed by atoms with van der Waals surface area (Å²) in [5.74, 6) is 2.00. The lowest BCUT2D eigenvalue weighted by Gasteiger charge is -2.21. The van der Waals surface area contributed by atoms with Crippen molar-refractivity contribution >= 4 is 28.9 Å². The van der Waals surface area contributed by atoms with E-state index in [0.717, 1.165) is 36.3 Å². The number of fused-ring (bicyclic) bond motifs is 3. The van der Waals surface area contributed by atoms with E-state index in [1.165, 1.54) is 53.8 Å². The van der Waals surface area contributed by atoms with Crippen molar-refractivity contribution in [2.24, 2.45) is 0 Å². The normalized spacial score (nSPS) is 19.3. The van der Waals surface area contributed by atoms with Gasteiger partial charge in [0, 0.05) is 5.56 Å². The number of methoxy groups -OCH3 is 1. The summed E-state index contributed by atoms with van der Waals surface area (Å²) in [7, 11) is 1.71. The summed E-state index contributed by atoms with van der Waals surface area (Å²) in [6, 6.07) is 17.6. The van der Waals surface area contributed by atoms with Crippen molar-refractivity contribution in [3.63, 3.8) is 0 Å². The first-order chi connectivity index (χ1) is 14.3. The number of hydrogen-bond acceptors (Lipinski definition) is 2. The number of quaternary nitrogens is 2. The third kappa shape index (κ3) is 3.56. The molecule has 1 aliphatic carbocycles. The number of para-hydroxylation sites is 2. The van der Waals surface area contributed by atoms with Crippen LogP contribution in [-0.4, -0.2) is 35.8 Å². The molecule has 2 heterocycles. The largest absolute Gasteiger partial charge is 0.497 e. The molecule has 3 aromatic rings. The maximum absolute atomic E-state index is 5.35. The minimum Gasteiger partial charge on any atom is -0.497 e. The predicted molar refractivity (Wildman–Crippen MR) is 116 cm³/mol. The fourth-order valence-corrected chi connectivity index (χ4v) is 4.81. The van der Waals surface area contributed by atoms with Crippen LogP contribution in [-0.2, 0) is 0 Å². The van der Waals surface area contributed by atoms with Crippen molar-refractivity contribution in [1.29, 1.82) is 0 Å². The predicted octanol–water partition coefficient (Wildman–Crippen LogP) is 2.43. The molecule has 1 fully saturated rings. The molecule has 3 N–H and O–H groups in total. The van der Waals surface area contributed by atoms with Crippen LogP contribution in [0.5, 0.6) is 5.75 Å². The van der Waals surface area contributed by atoms with E-state index in [1.807, 2.05) is 12.1 Å². The SMILES string of the molecule is COc1ccc(C2=Cn3c(nc4ccccc43)[NH+]2CC[NH2+]C2CCCCC2)cc1. The van der Waals surface area contributed by atoms with E-state index in [9.17, 15) is 0 Å². The number of aromatic nitrogens is 2. The van der Waals surface area contributed by atoms with E-state index in [2.05, 4.69) is 52.5 Å². The Balaban J connectivity index is 1.43. The first-order valence-corrected chi connectivity index (χ1v) is 10.9. The fraction of sp³-hybridized carbons (Fsp3) is 0.375. The lowest BCUT2D eigenvalue weighted by molar-refractivity contribution is -0.795. The highest BCUT2D eigenvalue weighted by Crippen LogP contribution is 2.26. The van der Waals surface area contributed by atoms with E-state index in [-0.39, 0.29) is 0 Å². The van der Waals surface area contributed by atoms with Gasteiger partial charge in [-0.2, -0.15) is 4.98 Å². The van der Waals surface area contributed by atoms with Gasteiger partial charge in [-0.3, -0.25) is 0 Å². The molecule has 0 saturated heterocycles. The third-order valence-electron chi connectivity index (χ3n) is 6.39. The van der Waals surface area contributed by atoms with Crippen LogP contribution in [0.4, 0.5) is 5.95 Å². The summed E-state index contributed by atoms with van der Waals surface area (Å²) in [4.78, 5) is 6.34. The van der Waals surface area contributed by atoms with E-state index in [0.29, 0.717) is 0 Å². The van der Waals surface area contributed by atoms with Crippen molar-refractivity contribution in [3.8, 4) is 5.75 Å². The van der Waals surface area contributed by atoms with E-state index in [1.54, 1.807) is 7.11 Å². The molecule has 1 aromatic heterocycles. The Morgan fingerprint density at radius 2 is 1.86 bits per heavy atom. The Hall–Kier alpha value is -2.63. The molecule has 1 aliphatic heterocycles. The molecule has 5 heteroatoms. The van der Waals surface area contributed by atoms with Crippen LogP contribution in [0.25, 0.3) is 22.9 Å². The maximum atomic E-state index is 5.35. The quantitative estimate of drug-likeness (QED) is 0.679. The number of ether oxygens (including phenoxy) is 1. The van der Waals surface area contributed by atoms with Crippen LogP contribution in [0.15, 0.2) is 48.5 Å². The molecule has 0 amide bonds. The Bertz CT molecular complexity index is 1020. The molecule has 29 heavy (non-hydrogen) atoms. The summed E-state index contributed by atoms with van der Waals surface area (Å²) < 4.78 is 7.62. The summed E-state index contributed by atoms with van der Waals surface area (Å²) in [6.07, 6.45) is 9.21. The molecule has 0 radical (unpaired) electrons. The molecule has 1 unspecified atom stereocenters. The maximum Gasteiger partial charge on any atom is 0.318 e. The van der Waals surface area contributed by atoms with Gasteiger partial charge in [0.15, 0.2) is 5.70 Å². The Labute approximate surface area is 172 Å². The van der Waals surface area contributed by atoms with Gasteiger partial charge in [-0.05, 0) is 62.1 Å². The van der Waals surface area contributed by atoms with Crippen molar-refractivity contribution in [1.82, 2.24) is 9.55 Å². The van der Waals surface area contributed by atoms with Gasteiger partial charge in [-0.1, -0.05) is 18.6 Å². The molecule has 5 nitrogen and oxygen atoms in total. The monoisotopic (exact) mass is 390 g/mol. The number of hydrogen-bond donors (Lipinski definition) is 2. The van der Waals surface area contributed by atoms with Crippen molar-refractivity contribution in [2.75, 3.05) is 20.2 Å². The minimum absolute atomic E-state index is 0.804. The average Bonchev–Trinajstić information content (AvgIpc) is 3.31. The smallest absolute Gasteiger partial charge is 0.318 e. The molecule has 2 aromatic carbocycles. The number of rotatable bonds is 6. The highest BCUT2D eigenvalue weighted by atomic mass is 16.5. The summed E-state index contributed by atoms with van der Waals surface area (Å²) in [5, 5.41) is 2.57. The highest BCUT2D eigenvalue weighted by Gasteiger charge is 2.33. The van der Waals surface area contributed by atoms with Gasteiger partial charge in [0.1, 0.15) is 18.8 Å². The Kier molecular flexibility index (Phi) is 5.08. The fourth-order valence-electron chi connectivity index (χ4n) is 4.81. The molecule has 0 spiro atoms. The lowest BCUT2D eigenvalue weighted by atomic mass is 9.95. The Morgan fingerprint density at radius 1 is 1.07 bits per heavy atom. The second kappa shape index (κ2) is 8.01. The van der Waals surface area contributed by atoms with Gasteiger partial charge in [-0.25, -0.2) is 9.47 Å². The highest BCUT2D eigenvalue weighted by molar-refractivity contribution is 5.85. The molecular formula is C24H30N4O+2. The molecule has 0 bridgehead atoms. The van der Waals surface area contributed by atoms with E-state index < -0.39 is 0 Å². The molecule has 150 valence electrons. The van der Waals surface area contributed by atoms with Crippen LogP contribution in [0.2, 0.25) is 0 Å². The standard InChI is InChI=1S/C24H28N4O/c1-29-20-13-11-18(12-14-20)23-17-28-22-10-6-5-9-21(22)26-24(28)27(23)16-15-25-19-7-3-2-4-8-19/h5-6,9-14,17,19,25H,2-4,7-8,15-16H2,1H3/p+2. The van der Waals surface area contributed by atoms with Crippen LogP contribution in [0, 0.1) is 0 Å². The van der Waals surface area contributed by atoms with Gasteiger partial charge < -0.3 is 10.1 Å². The number of benzene rings is 2. The van der Waals surface area contributed by atoms with Gasteiger partial charge in [-0.15, -0.1) is 0 Å². The lowest BCUT2D eigenvalue weighted by Crippen LogP contribution is -3.08. The van der Waals surface area contributed by atoms with Gasteiger partial charge in [0.25, 0.3) is 0 Å². The van der Waals surface area contributed by atoms with E-state index in [4.69, 9.17) is 9.72 Å². The van der Waals surface area contributed by atoms with Gasteiger partial charge in [0.2, 0.25) is 0 Å². The number of imidazole rings is 1. The minimum atomic E-state index is 0.804. The van der Waals surface area contributed by atoms with E-state index >= 15 is 0 Å². The van der Waals surface area contributed by atoms with Crippen LogP contribution in [0.3, 0.4) is 0 Å². The van der Waals surface area contributed by atoms with Crippen molar-refractivity contribution < 1.29 is 15.0 Å². The van der Waals surface area contributed by atoms with Crippen molar-refractivity contribution in [3.05, 3.63) is 54.1 Å². The zero-order valence-electron chi connectivity index (χ0n) is 17.1. The molecule has 1 atom stereocenters. The zero-order valence-corrected chi connectivity index (χ0v) is 17.1. The first kappa shape index (κ1) is 18.4. The Morgan fingerprint density at radius 3 is 2.66 bits per heavy atom. The summed E-state index contributed by atoms with van der Waals surface area (Å²) in [5.41, 5.74) is 4.77. The van der Waals surface area contributed by atoms with Crippen LogP contribution in [0.1, 0.15) is 37.7 Å². The number of nitrogens with two attached hydrogens (primary N) is 1. The molecule has 2 aliphatic rings. The van der Waals surface area contributed by atoms with Gasteiger partial charge >= 0.3 is 5.95 Å². The molecular weight excluding hydrogens is 360 g/mol. The second-order valence-corrected chi connectivity index (χ2v) is 8.22. The topological polar surface area (TPSA) is 48.1 Å². The summed E-state index contributed by atoms with van der Waals surface area (Å²) >= 11 is 0. The van der Waals surface area contributed by atoms with Gasteiger partial charge in [0.05, 0.1) is 30.4 Å². The van der Waals surface area contributed by atoms with Crippen molar-refractivity contribution in [2.45, 2.75) is 38.1 Å². The first-order valence-electron chi connectivity index (χ1n) is 10.9. The average molecular weight is 391 g/mol. The second-order valence-electron chi connectivity index (χ2n) is 8.22. The number of nitrogens with zero attached hydrogens (tertiary/aromatic N) is 2. The number of nitrogens with one attached hydrogen (secondary N) is 1. The van der Waals surface area contributed by atoms with Crippen LogP contribution >= 0.6 is 0 Å². The van der Waals surface area contributed by atoms with Crippen LogP contribution < -0.4 is 15.0 Å². The zero-order chi connectivity index (χ0) is 19.6. The molecule has 5 rings (SSSR count). The summed E-state index contributed by atoms with van der Waals surface area (Å²) in [6.45, 7) is 2.16. The molecule has 1 saturated carbocycles.